The molecule has 1 aromatic heterocycles. The molecular formula is C14H21N3O. The molecule has 0 bridgehead atoms. The van der Waals surface area contributed by atoms with E-state index >= 15 is 0 Å². The lowest BCUT2D eigenvalue weighted by Crippen LogP contribution is -2.37. The second kappa shape index (κ2) is 4.52. The number of aromatic nitrogens is 1. The average molecular weight is 247 g/mol. The first kappa shape index (κ1) is 11.9. The highest BCUT2D eigenvalue weighted by Gasteiger charge is 2.30. The van der Waals surface area contributed by atoms with Gasteiger partial charge in [0.1, 0.15) is 0 Å². The fourth-order valence-electron chi connectivity index (χ4n) is 2.92. The van der Waals surface area contributed by atoms with E-state index in [0.29, 0.717) is 12.6 Å². The lowest BCUT2D eigenvalue weighted by molar-refractivity contribution is 0.261. The average Bonchev–Trinajstić information content (AvgIpc) is 3.21. The third-order valence-electron chi connectivity index (χ3n) is 4.14. The Bertz CT molecular complexity index is 517. The molecule has 18 heavy (non-hydrogen) atoms. The van der Waals surface area contributed by atoms with Crippen molar-refractivity contribution in [3.63, 3.8) is 0 Å². The summed E-state index contributed by atoms with van der Waals surface area (Å²) in [6.45, 7) is 5.64. The topological polar surface area (TPSA) is 51.3 Å². The standard InChI is InChI=1S/C14H21N3O/c1-2-16-6-5-13-11(9-16)7-10(8-15)14(18)17(13)12-3-4-12/h7,12H,2-6,8-9,15H2,1H3. The molecule has 0 amide bonds. The van der Waals surface area contributed by atoms with Gasteiger partial charge in [-0.2, -0.15) is 0 Å². The van der Waals surface area contributed by atoms with E-state index < -0.39 is 0 Å². The molecule has 0 aromatic carbocycles. The van der Waals surface area contributed by atoms with Crippen LogP contribution >= 0.6 is 0 Å². The highest BCUT2D eigenvalue weighted by molar-refractivity contribution is 5.30. The molecule has 2 N–H and O–H groups in total. The van der Waals surface area contributed by atoms with Gasteiger partial charge in [0.2, 0.25) is 0 Å². The lowest BCUT2D eigenvalue weighted by Gasteiger charge is -2.30. The van der Waals surface area contributed by atoms with Crippen LogP contribution < -0.4 is 11.3 Å². The fourth-order valence-corrected chi connectivity index (χ4v) is 2.92. The van der Waals surface area contributed by atoms with Crippen LogP contribution in [0.1, 0.15) is 42.6 Å². The number of nitrogens with two attached hydrogens (primary N) is 1. The van der Waals surface area contributed by atoms with Crippen LogP contribution in [-0.4, -0.2) is 22.6 Å². The van der Waals surface area contributed by atoms with Gasteiger partial charge in [0.25, 0.3) is 5.56 Å². The number of pyridine rings is 1. The molecule has 1 aliphatic heterocycles. The van der Waals surface area contributed by atoms with Gasteiger partial charge in [0, 0.05) is 43.4 Å². The molecule has 2 aliphatic rings. The Labute approximate surface area is 107 Å². The number of nitrogens with zero attached hydrogens (tertiary/aromatic N) is 2. The van der Waals surface area contributed by atoms with Crippen molar-refractivity contribution in [2.75, 3.05) is 13.1 Å². The number of likely N-dealkylation sites (N-methyl/N-ethyl adjacent to an activating group) is 1. The van der Waals surface area contributed by atoms with E-state index in [1.165, 1.54) is 11.3 Å². The SMILES string of the molecule is CCN1CCc2c(cc(CN)c(=O)n2C2CC2)C1. The Kier molecular flexibility index (Phi) is 2.99. The zero-order valence-electron chi connectivity index (χ0n) is 11.0. The molecule has 1 fully saturated rings. The first-order valence-corrected chi connectivity index (χ1v) is 6.93. The largest absolute Gasteiger partial charge is 0.326 e. The molecule has 0 unspecified atom stereocenters. The van der Waals surface area contributed by atoms with Crippen LogP contribution in [0.4, 0.5) is 0 Å². The summed E-state index contributed by atoms with van der Waals surface area (Å²) in [7, 11) is 0. The number of hydrogen-bond acceptors (Lipinski definition) is 3. The van der Waals surface area contributed by atoms with Crippen molar-refractivity contribution in [1.29, 1.82) is 0 Å². The van der Waals surface area contributed by atoms with E-state index in [1.54, 1.807) is 0 Å². The summed E-state index contributed by atoms with van der Waals surface area (Å²) < 4.78 is 2.05. The number of fused-ring (bicyclic) bond motifs is 1. The number of hydrogen-bond donors (Lipinski definition) is 1. The van der Waals surface area contributed by atoms with Gasteiger partial charge in [0.05, 0.1) is 0 Å². The molecule has 2 heterocycles. The molecule has 1 saturated carbocycles. The van der Waals surface area contributed by atoms with E-state index in [-0.39, 0.29) is 5.56 Å². The molecular weight excluding hydrogens is 226 g/mol. The zero-order valence-corrected chi connectivity index (χ0v) is 11.0. The summed E-state index contributed by atoms with van der Waals surface area (Å²) in [5.74, 6) is 0. The highest BCUT2D eigenvalue weighted by atomic mass is 16.1. The van der Waals surface area contributed by atoms with Gasteiger partial charge in [-0.05, 0) is 31.0 Å². The van der Waals surface area contributed by atoms with Crippen molar-refractivity contribution in [1.82, 2.24) is 9.47 Å². The van der Waals surface area contributed by atoms with E-state index in [4.69, 9.17) is 5.73 Å². The van der Waals surface area contributed by atoms with Crippen molar-refractivity contribution >= 4 is 0 Å². The molecule has 0 spiro atoms. The minimum Gasteiger partial charge on any atom is -0.326 e. The van der Waals surface area contributed by atoms with Crippen molar-refractivity contribution < 1.29 is 0 Å². The second-order valence-corrected chi connectivity index (χ2v) is 5.37. The zero-order chi connectivity index (χ0) is 12.7. The predicted molar refractivity (Wildman–Crippen MR) is 71.5 cm³/mol. The fraction of sp³-hybridized carbons (Fsp3) is 0.643. The molecule has 98 valence electrons. The Balaban J connectivity index is 2.11. The van der Waals surface area contributed by atoms with E-state index in [2.05, 4.69) is 11.8 Å². The normalized spacial score (nSPS) is 19.9. The van der Waals surface area contributed by atoms with E-state index in [0.717, 1.165) is 44.5 Å². The minimum absolute atomic E-state index is 0.156. The van der Waals surface area contributed by atoms with Crippen LogP contribution in [0, 0.1) is 0 Å². The summed E-state index contributed by atoms with van der Waals surface area (Å²) in [6.07, 6.45) is 3.30. The molecule has 0 radical (unpaired) electrons. The highest BCUT2D eigenvalue weighted by Crippen LogP contribution is 2.36. The van der Waals surface area contributed by atoms with Crippen LogP contribution in [0.25, 0.3) is 0 Å². The van der Waals surface area contributed by atoms with Gasteiger partial charge in [-0.25, -0.2) is 0 Å². The van der Waals surface area contributed by atoms with Crippen LogP contribution in [0.5, 0.6) is 0 Å². The van der Waals surface area contributed by atoms with Gasteiger partial charge in [-0.1, -0.05) is 6.92 Å². The second-order valence-electron chi connectivity index (χ2n) is 5.37. The van der Waals surface area contributed by atoms with E-state index in [9.17, 15) is 4.79 Å². The summed E-state index contributed by atoms with van der Waals surface area (Å²) in [5.41, 5.74) is 9.23. The Hall–Kier alpha value is -1.13. The molecule has 0 saturated heterocycles. The summed E-state index contributed by atoms with van der Waals surface area (Å²) in [4.78, 5) is 14.8. The first-order valence-electron chi connectivity index (χ1n) is 6.93. The van der Waals surface area contributed by atoms with Gasteiger partial charge in [-0.15, -0.1) is 0 Å². The summed E-state index contributed by atoms with van der Waals surface area (Å²) in [6, 6.07) is 2.49. The quantitative estimate of drug-likeness (QED) is 0.867. The minimum atomic E-state index is 0.156. The van der Waals surface area contributed by atoms with Crippen LogP contribution in [0.2, 0.25) is 0 Å². The first-order chi connectivity index (χ1) is 8.74. The Morgan fingerprint density at radius 1 is 1.44 bits per heavy atom. The van der Waals surface area contributed by atoms with Crippen molar-refractivity contribution in [2.45, 2.75) is 45.3 Å². The maximum Gasteiger partial charge on any atom is 0.255 e. The maximum absolute atomic E-state index is 12.4. The third-order valence-corrected chi connectivity index (χ3v) is 4.14. The summed E-state index contributed by atoms with van der Waals surface area (Å²) in [5, 5.41) is 0. The van der Waals surface area contributed by atoms with Crippen molar-refractivity contribution in [3.05, 3.63) is 33.2 Å². The Morgan fingerprint density at radius 3 is 2.83 bits per heavy atom. The summed E-state index contributed by atoms with van der Waals surface area (Å²) >= 11 is 0. The van der Waals surface area contributed by atoms with E-state index in [1.807, 2.05) is 10.6 Å². The van der Waals surface area contributed by atoms with Crippen LogP contribution in [0.15, 0.2) is 10.9 Å². The van der Waals surface area contributed by atoms with Gasteiger partial charge in [0.15, 0.2) is 0 Å². The molecule has 4 nitrogen and oxygen atoms in total. The molecule has 1 aromatic rings. The predicted octanol–water partition coefficient (Wildman–Crippen LogP) is 1.02. The smallest absolute Gasteiger partial charge is 0.255 e. The van der Waals surface area contributed by atoms with Crippen LogP contribution in [-0.2, 0) is 19.5 Å². The third kappa shape index (κ3) is 1.89. The number of rotatable bonds is 3. The Morgan fingerprint density at radius 2 is 2.22 bits per heavy atom. The van der Waals surface area contributed by atoms with Crippen molar-refractivity contribution in [3.8, 4) is 0 Å². The molecule has 4 heteroatoms. The monoisotopic (exact) mass is 247 g/mol. The van der Waals surface area contributed by atoms with Crippen molar-refractivity contribution in [2.24, 2.45) is 5.73 Å². The maximum atomic E-state index is 12.4. The van der Waals surface area contributed by atoms with Gasteiger partial charge in [-0.3, -0.25) is 9.69 Å². The van der Waals surface area contributed by atoms with Crippen LogP contribution in [0.3, 0.4) is 0 Å². The van der Waals surface area contributed by atoms with Gasteiger partial charge < -0.3 is 10.3 Å². The molecule has 3 rings (SSSR count). The van der Waals surface area contributed by atoms with Gasteiger partial charge >= 0.3 is 0 Å². The molecule has 1 aliphatic carbocycles. The molecule has 0 atom stereocenters. The lowest BCUT2D eigenvalue weighted by atomic mass is 10.0.